The van der Waals surface area contributed by atoms with Crippen LogP contribution in [0, 0.1) is 5.82 Å². The van der Waals surface area contributed by atoms with Gasteiger partial charge in [-0.1, -0.05) is 48.5 Å². The average Bonchev–Trinajstić information content (AvgIpc) is 3.18. The molecule has 5 aromatic rings. The van der Waals surface area contributed by atoms with Crippen LogP contribution in [0.5, 0.6) is 23.0 Å². The van der Waals surface area contributed by atoms with Gasteiger partial charge in [-0.05, 0) is 95.9 Å². The van der Waals surface area contributed by atoms with Gasteiger partial charge in [0.05, 0.1) is 26.2 Å². The van der Waals surface area contributed by atoms with Crippen molar-refractivity contribution in [2.24, 2.45) is 0 Å². The zero-order valence-electron chi connectivity index (χ0n) is 29.5. The predicted octanol–water partition coefficient (Wildman–Crippen LogP) is 6.16. The number of ether oxygens (including phenoxy) is 4. The number of sulfonamides is 1. The molecule has 5 aromatic carbocycles. The highest BCUT2D eigenvalue weighted by atomic mass is 32.2. The van der Waals surface area contributed by atoms with Crippen LogP contribution in [-0.4, -0.2) is 59.6 Å². The highest BCUT2D eigenvalue weighted by Crippen LogP contribution is 2.29. The third kappa shape index (κ3) is 10.3. The molecule has 0 unspecified atom stereocenters. The monoisotopic (exact) mass is 741 g/mol. The number of carbonyl (C=O) groups is 2. The molecule has 0 aliphatic rings. The Morgan fingerprint density at radius 1 is 0.736 bits per heavy atom. The van der Waals surface area contributed by atoms with Gasteiger partial charge in [0.25, 0.3) is 15.9 Å². The second-order valence-corrected chi connectivity index (χ2v) is 13.5. The maximum atomic E-state index is 14.1. The first kappa shape index (κ1) is 38.2. The highest BCUT2D eigenvalue weighted by molar-refractivity contribution is 7.92. The van der Waals surface area contributed by atoms with Gasteiger partial charge in [-0.15, -0.1) is 0 Å². The van der Waals surface area contributed by atoms with Crippen LogP contribution in [0.1, 0.15) is 22.7 Å². The van der Waals surface area contributed by atoms with Crippen LogP contribution in [0.15, 0.2) is 126 Å². The first-order valence-corrected chi connectivity index (χ1v) is 18.1. The third-order valence-electron chi connectivity index (χ3n) is 8.26. The van der Waals surface area contributed by atoms with E-state index in [9.17, 15) is 22.4 Å². The summed E-state index contributed by atoms with van der Waals surface area (Å²) in [7, 11) is 0.697. The predicted molar refractivity (Wildman–Crippen MR) is 198 cm³/mol. The van der Waals surface area contributed by atoms with Gasteiger partial charge < -0.3 is 29.2 Å². The van der Waals surface area contributed by atoms with Crippen LogP contribution in [0.4, 0.5) is 10.1 Å². The van der Waals surface area contributed by atoms with Gasteiger partial charge in [0.2, 0.25) is 5.91 Å². The largest absolute Gasteiger partial charge is 0.497 e. The van der Waals surface area contributed by atoms with Crippen molar-refractivity contribution in [1.82, 2.24) is 10.2 Å². The number of benzene rings is 5. The summed E-state index contributed by atoms with van der Waals surface area (Å²) >= 11 is 0. The SMILES string of the molecule is COc1ccc(CN(C(=O)COc2ccc(S(=O)(=O)Nc3ccc(F)cc3)cc2)[C@@H](C(=O)NCCc2ccc(OC)c(OC)c2)c2ccccc2)cc1. The number of nitrogens with zero attached hydrogens (tertiary/aromatic N) is 1. The fraction of sp³-hybridized carbons (Fsp3) is 0.200. The molecule has 0 saturated carbocycles. The van der Waals surface area contributed by atoms with Crippen LogP contribution in [0.3, 0.4) is 0 Å². The minimum Gasteiger partial charge on any atom is -0.497 e. The van der Waals surface area contributed by atoms with E-state index in [4.69, 9.17) is 18.9 Å². The molecule has 0 aliphatic heterocycles. The van der Waals surface area contributed by atoms with E-state index in [-0.39, 0.29) is 35.3 Å². The Morgan fingerprint density at radius 2 is 1.38 bits per heavy atom. The van der Waals surface area contributed by atoms with E-state index in [1.54, 1.807) is 63.8 Å². The molecule has 53 heavy (non-hydrogen) atoms. The number of halogens is 1. The Hall–Kier alpha value is -6.08. The lowest BCUT2D eigenvalue weighted by molar-refractivity contribution is -0.143. The zero-order chi connectivity index (χ0) is 37.8. The molecule has 0 heterocycles. The van der Waals surface area contributed by atoms with Crippen LogP contribution in [-0.2, 0) is 32.6 Å². The van der Waals surface area contributed by atoms with Crippen molar-refractivity contribution in [1.29, 1.82) is 0 Å². The van der Waals surface area contributed by atoms with Gasteiger partial charge in [0.15, 0.2) is 18.1 Å². The van der Waals surface area contributed by atoms with Crippen molar-refractivity contribution in [3.8, 4) is 23.0 Å². The van der Waals surface area contributed by atoms with Gasteiger partial charge >= 0.3 is 0 Å². The smallest absolute Gasteiger partial charge is 0.261 e. The highest BCUT2D eigenvalue weighted by Gasteiger charge is 2.32. The summed E-state index contributed by atoms with van der Waals surface area (Å²) in [5, 5.41) is 3.00. The van der Waals surface area contributed by atoms with Gasteiger partial charge in [-0.2, -0.15) is 0 Å². The molecule has 0 spiro atoms. The molecule has 276 valence electrons. The van der Waals surface area contributed by atoms with Crippen molar-refractivity contribution < 1.29 is 41.3 Å². The summed E-state index contributed by atoms with van der Waals surface area (Å²) in [4.78, 5) is 29.5. The lowest BCUT2D eigenvalue weighted by Gasteiger charge is -2.31. The van der Waals surface area contributed by atoms with Crippen LogP contribution < -0.4 is 29.0 Å². The Balaban J connectivity index is 1.34. The lowest BCUT2D eigenvalue weighted by Crippen LogP contribution is -2.45. The molecular weight excluding hydrogens is 702 g/mol. The van der Waals surface area contributed by atoms with E-state index in [1.165, 1.54) is 41.3 Å². The Labute approximate surface area is 308 Å². The van der Waals surface area contributed by atoms with E-state index in [0.29, 0.717) is 29.2 Å². The second-order valence-electron chi connectivity index (χ2n) is 11.8. The number of rotatable bonds is 17. The third-order valence-corrected chi connectivity index (χ3v) is 9.66. The molecule has 0 aromatic heterocycles. The van der Waals surface area contributed by atoms with E-state index in [1.807, 2.05) is 30.3 Å². The Kier molecular flexibility index (Phi) is 12.9. The van der Waals surface area contributed by atoms with Crippen molar-refractivity contribution in [2.75, 3.05) is 39.2 Å². The van der Waals surface area contributed by atoms with E-state index >= 15 is 0 Å². The summed E-state index contributed by atoms with van der Waals surface area (Å²) in [6.07, 6.45) is 0.494. The maximum absolute atomic E-state index is 14.1. The van der Waals surface area contributed by atoms with Crippen molar-refractivity contribution in [2.45, 2.75) is 23.9 Å². The molecule has 0 saturated heterocycles. The minimum atomic E-state index is -3.98. The molecule has 11 nitrogen and oxygen atoms in total. The molecule has 1 atom stereocenters. The summed E-state index contributed by atoms with van der Waals surface area (Å²) < 4.78 is 63.3. The molecule has 0 radical (unpaired) electrons. The Morgan fingerprint density at radius 3 is 2.02 bits per heavy atom. The van der Waals surface area contributed by atoms with Gasteiger partial charge in [0, 0.05) is 18.8 Å². The molecule has 0 fully saturated rings. The van der Waals surface area contributed by atoms with Crippen LogP contribution >= 0.6 is 0 Å². The van der Waals surface area contributed by atoms with E-state index < -0.39 is 34.4 Å². The number of carbonyl (C=O) groups excluding carboxylic acids is 2. The first-order chi connectivity index (χ1) is 25.6. The van der Waals surface area contributed by atoms with Crippen LogP contribution in [0.25, 0.3) is 0 Å². The fourth-order valence-electron chi connectivity index (χ4n) is 5.50. The summed E-state index contributed by atoms with van der Waals surface area (Å²) in [6, 6.07) is 31.1. The summed E-state index contributed by atoms with van der Waals surface area (Å²) in [5.41, 5.74) is 2.47. The molecular formula is C40H40FN3O8S. The number of nitrogens with one attached hydrogen (secondary N) is 2. The molecule has 0 aliphatic carbocycles. The second kappa shape index (κ2) is 17.9. The fourth-order valence-corrected chi connectivity index (χ4v) is 6.56. The number of hydrogen-bond donors (Lipinski definition) is 2. The molecule has 2 amide bonds. The van der Waals surface area contributed by atoms with Gasteiger partial charge in [-0.3, -0.25) is 14.3 Å². The zero-order valence-corrected chi connectivity index (χ0v) is 30.3. The lowest BCUT2D eigenvalue weighted by atomic mass is 10.0. The van der Waals surface area contributed by atoms with Gasteiger partial charge in [0.1, 0.15) is 23.4 Å². The van der Waals surface area contributed by atoms with Crippen molar-refractivity contribution in [3.05, 3.63) is 144 Å². The normalized spacial score (nSPS) is 11.5. The van der Waals surface area contributed by atoms with E-state index in [2.05, 4.69) is 10.0 Å². The van der Waals surface area contributed by atoms with Crippen molar-refractivity contribution >= 4 is 27.5 Å². The van der Waals surface area contributed by atoms with Gasteiger partial charge in [-0.25, -0.2) is 12.8 Å². The van der Waals surface area contributed by atoms with E-state index in [0.717, 1.165) is 23.3 Å². The molecule has 5 rings (SSSR count). The number of methoxy groups -OCH3 is 3. The first-order valence-electron chi connectivity index (χ1n) is 16.6. The molecule has 0 bridgehead atoms. The quantitative estimate of drug-likeness (QED) is 0.116. The molecule has 13 heteroatoms. The van der Waals surface area contributed by atoms with Crippen LogP contribution in [0.2, 0.25) is 0 Å². The summed E-state index contributed by atoms with van der Waals surface area (Å²) in [6.45, 7) is -0.0938. The minimum absolute atomic E-state index is 0.0597. The standard InChI is InChI=1S/C40H40FN3O8S/c1-49-33-16-9-29(10-17-33)26-44(38(45)27-52-34-18-20-35(21-19-34)53(47,48)43-32-14-12-31(41)13-15-32)39(30-7-5-4-6-8-30)40(46)42-24-23-28-11-22-36(50-2)37(25-28)51-3/h4-22,25,39,43H,23-24,26-27H2,1-3H3,(H,42,46)/t39-/m1/s1. The van der Waals surface area contributed by atoms with Crippen molar-refractivity contribution in [3.63, 3.8) is 0 Å². The average molecular weight is 742 g/mol. The summed E-state index contributed by atoms with van der Waals surface area (Å²) in [5.74, 6) is 0.682. The number of anilines is 1. The Bertz CT molecular complexity index is 2080. The molecule has 2 N–H and O–H groups in total. The number of amides is 2. The number of hydrogen-bond acceptors (Lipinski definition) is 8. The maximum Gasteiger partial charge on any atom is 0.261 e. The topological polar surface area (TPSA) is 132 Å².